The second-order valence-corrected chi connectivity index (χ2v) is 7.50. The zero-order valence-corrected chi connectivity index (χ0v) is 17.8. The van der Waals surface area contributed by atoms with Gasteiger partial charge in [0.2, 0.25) is 0 Å². The Morgan fingerprint density at radius 2 is 1.67 bits per heavy atom. The highest BCUT2D eigenvalue weighted by molar-refractivity contribution is 6.04. The number of rotatable bonds is 7. The van der Waals surface area contributed by atoms with Gasteiger partial charge in [-0.1, -0.05) is 12.1 Å². The number of carbonyl (C=O) groups excluding carboxylic acids is 1. The summed E-state index contributed by atoms with van der Waals surface area (Å²) in [5, 5.41) is 11.7. The summed E-state index contributed by atoms with van der Waals surface area (Å²) in [6, 6.07) is 10.9. The maximum Gasteiger partial charge on any atom is 0.416 e. The molecule has 0 unspecified atom stereocenters. The van der Waals surface area contributed by atoms with Crippen LogP contribution in [0.15, 0.2) is 54.7 Å². The predicted molar refractivity (Wildman–Crippen MR) is 116 cm³/mol. The van der Waals surface area contributed by atoms with Gasteiger partial charge in [0.15, 0.2) is 0 Å². The van der Waals surface area contributed by atoms with Gasteiger partial charge in [0, 0.05) is 43.5 Å². The lowest BCUT2D eigenvalue weighted by Gasteiger charge is -2.16. The molecular formula is C23H21F3N4O3. The van der Waals surface area contributed by atoms with Crippen molar-refractivity contribution in [2.45, 2.75) is 19.0 Å². The van der Waals surface area contributed by atoms with Crippen LogP contribution in [0.2, 0.25) is 0 Å². The van der Waals surface area contributed by atoms with E-state index in [1.807, 2.05) is 0 Å². The molecule has 0 saturated carbocycles. The molecule has 0 bridgehead atoms. The van der Waals surface area contributed by atoms with Gasteiger partial charge < -0.3 is 15.3 Å². The molecule has 2 N–H and O–H groups in total. The molecule has 1 amide bonds. The van der Waals surface area contributed by atoms with Crippen molar-refractivity contribution in [2.75, 3.05) is 24.3 Å². The minimum Gasteiger partial charge on any atom is -0.481 e. The van der Waals surface area contributed by atoms with Crippen LogP contribution in [0, 0.1) is 0 Å². The van der Waals surface area contributed by atoms with Gasteiger partial charge in [0.05, 0.1) is 12.0 Å². The quantitative estimate of drug-likeness (QED) is 0.555. The summed E-state index contributed by atoms with van der Waals surface area (Å²) in [4.78, 5) is 33.8. The van der Waals surface area contributed by atoms with E-state index in [0.717, 1.165) is 29.8 Å². The van der Waals surface area contributed by atoms with Crippen LogP contribution in [0.25, 0.3) is 0 Å². The molecule has 0 aliphatic heterocycles. The van der Waals surface area contributed by atoms with E-state index < -0.39 is 23.6 Å². The van der Waals surface area contributed by atoms with E-state index in [4.69, 9.17) is 5.11 Å². The van der Waals surface area contributed by atoms with Crippen molar-refractivity contribution in [1.82, 2.24) is 9.97 Å². The highest BCUT2D eigenvalue weighted by atomic mass is 19.4. The molecule has 0 saturated heterocycles. The molecule has 0 atom stereocenters. The molecule has 33 heavy (non-hydrogen) atoms. The normalized spacial score (nSPS) is 11.2. The number of anilines is 2. The lowest BCUT2D eigenvalue weighted by Crippen LogP contribution is -2.17. The van der Waals surface area contributed by atoms with E-state index in [0.29, 0.717) is 29.3 Å². The number of aromatic nitrogens is 2. The third-order valence-electron chi connectivity index (χ3n) is 4.71. The van der Waals surface area contributed by atoms with Gasteiger partial charge in [0.25, 0.3) is 5.91 Å². The Kier molecular flexibility index (Phi) is 6.95. The zero-order valence-electron chi connectivity index (χ0n) is 17.8. The number of benzene rings is 2. The highest BCUT2D eigenvalue weighted by Gasteiger charge is 2.30. The maximum atomic E-state index is 12.7. The monoisotopic (exact) mass is 458 g/mol. The number of nitrogens with one attached hydrogen (secondary N) is 1. The number of carboxylic acid groups (broad SMARTS) is 1. The zero-order chi connectivity index (χ0) is 24.2. The largest absolute Gasteiger partial charge is 0.481 e. The van der Waals surface area contributed by atoms with E-state index in [1.54, 1.807) is 43.3 Å². The molecule has 0 radical (unpaired) electrons. The van der Waals surface area contributed by atoms with Gasteiger partial charge in [-0.25, -0.2) is 9.97 Å². The summed E-state index contributed by atoms with van der Waals surface area (Å²) < 4.78 is 38.0. The SMILES string of the molecule is CN(C)c1nc(Cc2ccc(NC(=O)c3ccc(C(F)(F)F)cc3)cc2)ncc1CC(=O)O. The van der Waals surface area contributed by atoms with E-state index in [1.165, 1.54) is 6.20 Å². The number of hydrogen-bond donors (Lipinski definition) is 2. The van der Waals surface area contributed by atoms with Crippen molar-refractivity contribution in [3.05, 3.63) is 82.8 Å². The van der Waals surface area contributed by atoms with E-state index >= 15 is 0 Å². The number of halogens is 3. The van der Waals surface area contributed by atoms with Gasteiger partial charge in [-0.3, -0.25) is 9.59 Å². The minimum absolute atomic E-state index is 0.109. The molecule has 172 valence electrons. The Hall–Kier alpha value is -3.95. The summed E-state index contributed by atoms with van der Waals surface area (Å²) in [7, 11) is 3.54. The van der Waals surface area contributed by atoms with Crippen LogP contribution in [0.5, 0.6) is 0 Å². The van der Waals surface area contributed by atoms with Crippen molar-refractivity contribution in [3.8, 4) is 0 Å². The maximum absolute atomic E-state index is 12.7. The fourth-order valence-electron chi connectivity index (χ4n) is 3.10. The van der Waals surface area contributed by atoms with Gasteiger partial charge in [0.1, 0.15) is 11.6 Å². The summed E-state index contributed by atoms with van der Waals surface area (Å²) in [6.07, 6.45) is -2.74. The molecule has 3 rings (SSSR count). The standard InChI is InChI=1S/C23H21F3N4O3/c1-30(2)21-16(12-20(31)32)13-27-19(29-21)11-14-3-9-18(10-4-14)28-22(33)15-5-7-17(8-6-15)23(24,25)26/h3-10,13H,11-12H2,1-2H3,(H,28,33)(H,31,32). The number of amides is 1. The van der Waals surface area contributed by atoms with Crippen LogP contribution in [0.1, 0.15) is 32.9 Å². The lowest BCUT2D eigenvalue weighted by atomic mass is 10.1. The van der Waals surface area contributed by atoms with Gasteiger partial charge in [-0.15, -0.1) is 0 Å². The molecular weight excluding hydrogens is 437 g/mol. The van der Waals surface area contributed by atoms with E-state index in [-0.39, 0.29) is 12.0 Å². The van der Waals surface area contributed by atoms with Crippen molar-refractivity contribution in [2.24, 2.45) is 0 Å². The molecule has 0 aliphatic carbocycles. The van der Waals surface area contributed by atoms with Crippen molar-refractivity contribution >= 4 is 23.4 Å². The molecule has 3 aromatic rings. The number of carboxylic acids is 1. The van der Waals surface area contributed by atoms with Crippen LogP contribution < -0.4 is 10.2 Å². The predicted octanol–water partition coefficient (Wildman–Crippen LogP) is 4.03. The smallest absolute Gasteiger partial charge is 0.416 e. The average molecular weight is 458 g/mol. The highest BCUT2D eigenvalue weighted by Crippen LogP contribution is 2.29. The molecule has 7 nitrogen and oxygen atoms in total. The Morgan fingerprint density at radius 3 is 2.21 bits per heavy atom. The van der Waals surface area contributed by atoms with E-state index in [9.17, 15) is 22.8 Å². The second-order valence-electron chi connectivity index (χ2n) is 7.50. The number of nitrogens with zero attached hydrogens (tertiary/aromatic N) is 3. The first-order valence-electron chi connectivity index (χ1n) is 9.84. The lowest BCUT2D eigenvalue weighted by molar-refractivity contribution is -0.138. The van der Waals surface area contributed by atoms with Crippen molar-refractivity contribution in [3.63, 3.8) is 0 Å². The molecule has 2 aromatic carbocycles. The number of hydrogen-bond acceptors (Lipinski definition) is 5. The van der Waals surface area contributed by atoms with Crippen molar-refractivity contribution in [1.29, 1.82) is 0 Å². The Morgan fingerprint density at radius 1 is 1.03 bits per heavy atom. The molecule has 10 heteroatoms. The summed E-state index contributed by atoms with van der Waals surface area (Å²) >= 11 is 0. The first-order chi connectivity index (χ1) is 15.5. The van der Waals surface area contributed by atoms with Crippen LogP contribution >= 0.6 is 0 Å². The van der Waals surface area contributed by atoms with Gasteiger partial charge in [-0.2, -0.15) is 13.2 Å². The first-order valence-corrected chi connectivity index (χ1v) is 9.84. The first kappa shape index (κ1) is 23.7. The Labute approximate surface area is 187 Å². The van der Waals surface area contributed by atoms with Crippen LogP contribution in [0.4, 0.5) is 24.7 Å². The fourth-order valence-corrected chi connectivity index (χ4v) is 3.10. The fraction of sp³-hybridized carbons (Fsp3) is 0.217. The van der Waals surface area contributed by atoms with Crippen LogP contribution in [-0.4, -0.2) is 41.0 Å². The molecule has 0 spiro atoms. The third-order valence-corrected chi connectivity index (χ3v) is 4.71. The topological polar surface area (TPSA) is 95.4 Å². The van der Waals surface area contributed by atoms with Crippen LogP contribution in [0.3, 0.4) is 0 Å². The number of carbonyl (C=O) groups is 2. The molecule has 1 heterocycles. The molecule has 0 fully saturated rings. The Bertz CT molecular complexity index is 1150. The summed E-state index contributed by atoms with van der Waals surface area (Å²) in [5.41, 5.74) is 1.14. The summed E-state index contributed by atoms with van der Waals surface area (Å²) in [6.45, 7) is 0. The molecule has 0 aliphatic rings. The Balaban J connectivity index is 1.67. The van der Waals surface area contributed by atoms with Crippen molar-refractivity contribution < 1.29 is 27.9 Å². The number of aliphatic carboxylic acids is 1. The summed E-state index contributed by atoms with van der Waals surface area (Å²) in [5.74, 6) is -0.454. The number of alkyl halides is 3. The minimum atomic E-state index is -4.46. The third kappa shape index (κ3) is 6.28. The molecule has 1 aromatic heterocycles. The van der Waals surface area contributed by atoms with Gasteiger partial charge >= 0.3 is 12.1 Å². The average Bonchev–Trinajstić information content (AvgIpc) is 2.75. The van der Waals surface area contributed by atoms with Gasteiger partial charge in [-0.05, 0) is 42.0 Å². The second kappa shape index (κ2) is 9.68. The van der Waals surface area contributed by atoms with Crippen LogP contribution in [-0.2, 0) is 23.8 Å². The van der Waals surface area contributed by atoms with E-state index in [2.05, 4.69) is 15.3 Å².